The van der Waals surface area contributed by atoms with Crippen molar-refractivity contribution in [3.63, 3.8) is 0 Å². The summed E-state index contributed by atoms with van der Waals surface area (Å²) in [5, 5.41) is 10.5. The molecule has 150 valence electrons. The Morgan fingerprint density at radius 2 is 1.97 bits per heavy atom. The van der Waals surface area contributed by atoms with Gasteiger partial charge in [-0.2, -0.15) is 5.10 Å². The van der Waals surface area contributed by atoms with Gasteiger partial charge in [0.25, 0.3) is 5.91 Å². The maximum Gasteiger partial charge on any atom is 0.256 e. The van der Waals surface area contributed by atoms with Crippen LogP contribution >= 0.6 is 11.6 Å². The molecule has 3 aromatic heterocycles. The van der Waals surface area contributed by atoms with Crippen LogP contribution in [-0.4, -0.2) is 37.4 Å². The van der Waals surface area contributed by atoms with E-state index in [1.807, 2.05) is 6.92 Å². The van der Waals surface area contributed by atoms with Crippen molar-refractivity contribution in [1.82, 2.24) is 24.9 Å². The fourth-order valence-corrected chi connectivity index (χ4v) is 3.77. The van der Waals surface area contributed by atoms with Crippen LogP contribution in [0.5, 0.6) is 0 Å². The summed E-state index contributed by atoms with van der Waals surface area (Å²) in [6.07, 6.45) is 9.31. The van der Waals surface area contributed by atoms with Gasteiger partial charge in [-0.1, -0.05) is 11.6 Å². The topological polar surface area (TPSA) is 101 Å². The Bertz CT molecular complexity index is 1060. The number of carbonyl (C=O) groups excluding carboxylic acids is 2. The second kappa shape index (κ2) is 8.16. The van der Waals surface area contributed by atoms with E-state index in [2.05, 4.69) is 25.7 Å². The van der Waals surface area contributed by atoms with Crippen molar-refractivity contribution < 1.29 is 9.59 Å². The Balaban J connectivity index is 1.33. The summed E-state index contributed by atoms with van der Waals surface area (Å²) < 4.78 is 1.57. The van der Waals surface area contributed by atoms with Crippen molar-refractivity contribution in [2.24, 2.45) is 5.92 Å². The van der Waals surface area contributed by atoms with Crippen LogP contribution in [0.15, 0.2) is 36.9 Å². The average molecular weight is 413 g/mol. The van der Waals surface area contributed by atoms with Crippen molar-refractivity contribution in [2.75, 3.05) is 5.32 Å². The van der Waals surface area contributed by atoms with Crippen molar-refractivity contribution in [3.05, 3.63) is 53.2 Å². The third-order valence-electron chi connectivity index (χ3n) is 5.21. The monoisotopic (exact) mass is 412 g/mol. The molecule has 1 saturated carbocycles. The highest BCUT2D eigenvalue weighted by Crippen LogP contribution is 2.28. The van der Waals surface area contributed by atoms with E-state index in [1.165, 1.54) is 12.4 Å². The molecule has 0 aliphatic heterocycles. The largest absolute Gasteiger partial charge is 0.349 e. The van der Waals surface area contributed by atoms with Crippen molar-refractivity contribution in [1.29, 1.82) is 0 Å². The molecule has 1 aliphatic carbocycles. The van der Waals surface area contributed by atoms with Gasteiger partial charge in [0, 0.05) is 36.2 Å². The molecule has 8 nitrogen and oxygen atoms in total. The molecule has 0 atom stereocenters. The molecule has 3 aromatic rings. The van der Waals surface area contributed by atoms with Gasteiger partial charge in [-0.25, -0.2) is 9.50 Å². The molecule has 29 heavy (non-hydrogen) atoms. The number of hydrogen-bond donors (Lipinski definition) is 2. The van der Waals surface area contributed by atoms with E-state index < -0.39 is 0 Å². The molecular formula is C20H21ClN6O2. The van der Waals surface area contributed by atoms with Gasteiger partial charge in [0.15, 0.2) is 5.65 Å². The van der Waals surface area contributed by atoms with Crippen molar-refractivity contribution in [3.8, 4) is 0 Å². The maximum atomic E-state index is 12.6. The van der Waals surface area contributed by atoms with Gasteiger partial charge in [0.2, 0.25) is 5.91 Å². The Morgan fingerprint density at radius 3 is 2.76 bits per heavy atom. The lowest BCUT2D eigenvalue weighted by molar-refractivity contribution is -0.120. The van der Waals surface area contributed by atoms with Crippen LogP contribution in [0.1, 0.15) is 41.7 Å². The highest BCUT2D eigenvalue weighted by molar-refractivity contribution is 6.33. The Morgan fingerprint density at radius 1 is 1.17 bits per heavy atom. The first kappa shape index (κ1) is 19.3. The first-order valence-electron chi connectivity index (χ1n) is 9.53. The summed E-state index contributed by atoms with van der Waals surface area (Å²) in [6, 6.07) is 3.54. The van der Waals surface area contributed by atoms with Crippen LogP contribution in [-0.2, 0) is 4.79 Å². The molecule has 0 bridgehead atoms. The first-order chi connectivity index (χ1) is 14.0. The minimum Gasteiger partial charge on any atom is -0.349 e. The molecule has 0 saturated heterocycles. The predicted molar refractivity (Wildman–Crippen MR) is 109 cm³/mol. The highest BCUT2D eigenvalue weighted by atomic mass is 35.5. The van der Waals surface area contributed by atoms with Crippen LogP contribution in [0.2, 0.25) is 5.02 Å². The zero-order valence-corrected chi connectivity index (χ0v) is 16.7. The van der Waals surface area contributed by atoms with E-state index in [0.717, 1.165) is 18.5 Å². The molecule has 0 aromatic carbocycles. The number of anilines is 1. The number of fused-ring (bicyclic) bond motifs is 1. The lowest BCUT2D eigenvalue weighted by Crippen LogP contribution is -2.39. The van der Waals surface area contributed by atoms with Crippen molar-refractivity contribution in [2.45, 2.75) is 38.6 Å². The number of nitrogens with one attached hydrogen (secondary N) is 2. The quantitative estimate of drug-likeness (QED) is 0.685. The molecule has 3 heterocycles. The van der Waals surface area contributed by atoms with Crippen LogP contribution in [0.25, 0.3) is 5.65 Å². The van der Waals surface area contributed by atoms with Crippen LogP contribution in [0.4, 0.5) is 5.69 Å². The number of aryl methyl sites for hydroxylation is 1. The fourth-order valence-electron chi connectivity index (χ4n) is 3.62. The number of amides is 2. The van der Waals surface area contributed by atoms with Gasteiger partial charge in [0.1, 0.15) is 5.56 Å². The SMILES string of the molecule is Cc1cc(NC(=O)C2CCC(NC(=O)c3cnn4cccnc34)CC2)c(Cl)cn1. The Kier molecular flexibility index (Phi) is 5.44. The molecule has 4 rings (SSSR count). The minimum atomic E-state index is -0.189. The summed E-state index contributed by atoms with van der Waals surface area (Å²) in [4.78, 5) is 33.5. The highest BCUT2D eigenvalue weighted by Gasteiger charge is 2.28. The summed E-state index contributed by atoms with van der Waals surface area (Å²) in [6.45, 7) is 1.85. The predicted octanol–water partition coefficient (Wildman–Crippen LogP) is 3.01. The van der Waals surface area contributed by atoms with E-state index in [9.17, 15) is 9.59 Å². The molecule has 1 aliphatic rings. The Labute approximate surface area is 172 Å². The summed E-state index contributed by atoms with van der Waals surface area (Å²) in [5.41, 5.74) is 2.36. The third kappa shape index (κ3) is 4.22. The summed E-state index contributed by atoms with van der Waals surface area (Å²) in [5.74, 6) is -0.342. The number of rotatable bonds is 4. The van der Waals surface area contributed by atoms with Gasteiger partial charge < -0.3 is 10.6 Å². The lowest BCUT2D eigenvalue weighted by Gasteiger charge is -2.28. The van der Waals surface area contributed by atoms with Gasteiger partial charge >= 0.3 is 0 Å². The minimum absolute atomic E-state index is 0.0250. The van der Waals surface area contributed by atoms with Crippen LogP contribution in [0.3, 0.4) is 0 Å². The molecule has 9 heteroatoms. The number of pyridine rings is 1. The number of aromatic nitrogens is 4. The van der Waals surface area contributed by atoms with Gasteiger partial charge in [-0.3, -0.25) is 14.6 Å². The molecule has 2 amide bonds. The molecule has 0 unspecified atom stereocenters. The zero-order chi connectivity index (χ0) is 20.4. The smallest absolute Gasteiger partial charge is 0.256 e. The lowest BCUT2D eigenvalue weighted by atomic mass is 9.85. The average Bonchev–Trinajstić information content (AvgIpc) is 3.15. The van der Waals surface area contributed by atoms with Crippen LogP contribution in [0, 0.1) is 12.8 Å². The number of halogens is 1. The second-order valence-corrected chi connectivity index (χ2v) is 7.67. The standard InChI is InChI=1S/C20H21ClN6O2/c1-12-9-17(16(21)11-23-12)26-19(28)13-3-5-14(6-4-13)25-20(29)15-10-24-27-8-2-7-22-18(15)27/h2,7-11,13-14H,3-6H2,1H3,(H,25,29)(H,23,26,28). The van der Waals surface area contributed by atoms with Crippen molar-refractivity contribution >= 4 is 34.7 Å². The van der Waals surface area contributed by atoms with Gasteiger partial charge in [0.05, 0.1) is 16.9 Å². The maximum absolute atomic E-state index is 12.6. The first-order valence-corrected chi connectivity index (χ1v) is 9.91. The molecule has 2 N–H and O–H groups in total. The van der Waals surface area contributed by atoms with E-state index in [4.69, 9.17) is 11.6 Å². The van der Waals surface area contributed by atoms with E-state index >= 15 is 0 Å². The zero-order valence-electron chi connectivity index (χ0n) is 15.9. The number of carbonyl (C=O) groups is 2. The third-order valence-corrected chi connectivity index (χ3v) is 5.51. The number of nitrogens with zero attached hydrogens (tertiary/aromatic N) is 4. The molecule has 1 fully saturated rings. The number of hydrogen-bond acceptors (Lipinski definition) is 5. The van der Waals surface area contributed by atoms with E-state index in [1.54, 1.807) is 29.0 Å². The van der Waals surface area contributed by atoms with E-state index in [0.29, 0.717) is 34.8 Å². The Hall–Kier alpha value is -3.00. The van der Waals surface area contributed by atoms with Crippen LogP contribution < -0.4 is 10.6 Å². The van der Waals surface area contributed by atoms with Gasteiger partial charge in [-0.15, -0.1) is 0 Å². The van der Waals surface area contributed by atoms with E-state index in [-0.39, 0.29) is 23.8 Å². The second-order valence-electron chi connectivity index (χ2n) is 7.26. The normalized spacial score (nSPS) is 19.1. The summed E-state index contributed by atoms with van der Waals surface area (Å²) in [7, 11) is 0. The summed E-state index contributed by atoms with van der Waals surface area (Å²) >= 11 is 6.11. The van der Waals surface area contributed by atoms with Gasteiger partial charge in [-0.05, 0) is 44.7 Å². The molecule has 0 spiro atoms. The molecule has 0 radical (unpaired) electrons. The fraction of sp³-hybridized carbons (Fsp3) is 0.350. The molecular weight excluding hydrogens is 392 g/mol.